The predicted molar refractivity (Wildman–Crippen MR) is 112 cm³/mol. The van der Waals surface area contributed by atoms with Crippen LogP contribution in [0.4, 0.5) is 4.79 Å². The third kappa shape index (κ3) is 6.08. The summed E-state index contributed by atoms with van der Waals surface area (Å²) in [7, 11) is 1.74. The van der Waals surface area contributed by atoms with Crippen molar-refractivity contribution in [2.75, 3.05) is 39.9 Å². The van der Waals surface area contributed by atoms with E-state index in [2.05, 4.69) is 15.5 Å². The minimum absolute atomic E-state index is 0.112. The van der Waals surface area contributed by atoms with Gasteiger partial charge in [-0.1, -0.05) is 60.7 Å². The first-order valence-corrected chi connectivity index (χ1v) is 10.1. The lowest BCUT2D eigenvalue weighted by molar-refractivity contribution is 0.120. The molecule has 0 unspecified atom stereocenters. The number of piperidine rings is 1. The van der Waals surface area contributed by atoms with E-state index in [1.807, 2.05) is 60.7 Å². The maximum absolute atomic E-state index is 12.6. The minimum atomic E-state index is -0.154. The number of rotatable bonds is 8. The van der Waals surface area contributed by atoms with Crippen molar-refractivity contribution in [2.24, 2.45) is 5.92 Å². The molecule has 0 aliphatic carbocycles. The van der Waals surface area contributed by atoms with E-state index in [1.54, 1.807) is 7.11 Å². The number of likely N-dealkylation sites (tertiary alicyclic amines) is 1. The van der Waals surface area contributed by atoms with Crippen LogP contribution in [0.2, 0.25) is 0 Å². The molecule has 0 aromatic heterocycles. The van der Waals surface area contributed by atoms with Gasteiger partial charge in [0, 0.05) is 20.2 Å². The van der Waals surface area contributed by atoms with E-state index in [0.717, 1.165) is 56.8 Å². The number of benzene rings is 2. The smallest absolute Gasteiger partial charge is 0.315 e. The second-order valence-corrected chi connectivity index (χ2v) is 7.39. The summed E-state index contributed by atoms with van der Waals surface area (Å²) in [4.78, 5) is 15.0. The largest absolute Gasteiger partial charge is 0.383 e. The number of nitrogens with one attached hydrogen (secondary N) is 2. The van der Waals surface area contributed by atoms with Crippen LogP contribution in [0.1, 0.15) is 30.0 Å². The van der Waals surface area contributed by atoms with Gasteiger partial charge in [0.1, 0.15) is 0 Å². The lowest BCUT2D eigenvalue weighted by Crippen LogP contribution is -2.43. The van der Waals surface area contributed by atoms with Crippen LogP contribution < -0.4 is 10.6 Å². The van der Waals surface area contributed by atoms with Gasteiger partial charge in [-0.2, -0.15) is 0 Å². The molecule has 0 radical (unpaired) electrons. The van der Waals surface area contributed by atoms with Gasteiger partial charge in [-0.05, 0) is 43.0 Å². The third-order valence-electron chi connectivity index (χ3n) is 5.41. The number of urea groups is 1. The summed E-state index contributed by atoms with van der Waals surface area (Å²) in [6, 6.07) is 19.9. The van der Waals surface area contributed by atoms with Gasteiger partial charge in [-0.3, -0.25) is 0 Å². The first-order valence-electron chi connectivity index (χ1n) is 10.1. The van der Waals surface area contributed by atoms with E-state index in [0.29, 0.717) is 5.92 Å². The van der Waals surface area contributed by atoms with Gasteiger partial charge in [0.25, 0.3) is 0 Å². The van der Waals surface area contributed by atoms with Crippen LogP contribution in [-0.2, 0) is 4.74 Å². The lowest BCUT2D eigenvalue weighted by Gasteiger charge is -2.31. The fraction of sp³-hybridized carbons (Fsp3) is 0.435. The van der Waals surface area contributed by atoms with Crippen LogP contribution in [0.25, 0.3) is 0 Å². The molecule has 0 bridgehead atoms. The maximum atomic E-state index is 12.6. The van der Waals surface area contributed by atoms with E-state index >= 15 is 0 Å². The molecule has 3 rings (SSSR count). The Morgan fingerprint density at radius 1 is 1.04 bits per heavy atom. The summed E-state index contributed by atoms with van der Waals surface area (Å²) in [5, 5.41) is 6.24. The Morgan fingerprint density at radius 3 is 2.14 bits per heavy atom. The van der Waals surface area contributed by atoms with Gasteiger partial charge in [-0.25, -0.2) is 4.79 Å². The molecule has 2 aromatic rings. The summed E-state index contributed by atoms with van der Waals surface area (Å²) in [5.41, 5.74) is 2.16. The van der Waals surface area contributed by atoms with Crippen molar-refractivity contribution in [3.8, 4) is 0 Å². The number of amides is 2. The van der Waals surface area contributed by atoms with Crippen LogP contribution in [0.15, 0.2) is 60.7 Å². The summed E-state index contributed by atoms with van der Waals surface area (Å²) >= 11 is 0. The van der Waals surface area contributed by atoms with Crippen molar-refractivity contribution in [1.82, 2.24) is 15.5 Å². The second kappa shape index (κ2) is 10.8. The average Bonchev–Trinajstić information content (AvgIpc) is 2.76. The zero-order valence-corrected chi connectivity index (χ0v) is 16.6. The number of ether oxygens (including phenoxy) is 1. The van der Waals surface area contributed by atoms with Crippen LogP contribution in [0.3, 0.4) is 0 Å². The van der Waals surface area contributed by atoms with Crippen molar-refractivity contribution in [2.45, 2.75) is 18.9 Å². The number of hydrogen-bond acceptors (Lipinski definition) is 3. The molecule has 5 heteroatoms. The Labute approximate surface area is 168 Å². The Balaban J connectivity index is 1.51. The average molecular weight is 382 g/mol. The zero-order chi connectivity index (χ0) is 19.6. The van der Waals surface area contributed by atoms with Crippen LogP contribution in [-0.4, -0.2) is 50.8 Å². The summed E-state index contributed by atoms with van der Waals surface area (Å²) < 4.78 is 5.15. The first kappa shape index (κ1) is 20.4. The van der Waals surface area contributed by atoms with Crippen LogP contribution in [0, 0.1) is 5.92 Å². The molecule has 2 amide bonds. The summed E-state index contributed by atoms with van der Waals surface area (Å²) in [5.74, 6) is 0.538. The number of carbonyl (C=O) groups is 1. The van der Waals surface area contributed by atoms with E-state index < -0.39 is 0 Å². The van der Waals surface area contributed by atoms with E-state index in [9.17, 15) is 4.79 Å². The molecule has 1 fully saturated rings. The van der Waals surface area contributed by atoms with Gasteiger partial charge in [0.15, 0.2) is 0 Å². The van der Waals surface area contributed by atoms with Crippen LogP contribution in [0.5, 0.6) is 0 Å². The fourth-order valence-electron chi connectivity index (χ4n) is 3.70. The highest BCUT2D eigenvalue weighted by Crippen LogP contribution is 2.21. The predicted octanol–water partition coefficient (Wildman–Crippen LogP) is 3.43. The van der Waals surface area contributed by atoms with Gasteiger partial charge in [0.2, 0.25) is 0 Å². The molecule has 0 saturated carbocycles. The SMILES string of the molecule is COCCN1CCC(CNC(=O)NC(c2ccccc2)c2ccccc2)CC1. The second-order valence-electron chi connectivity index (χ2n) is 7.39. The Bertz CT molecular complexity index is 661. The highest BCUT2D eigenvalue weighted by Gasteiger charge is 2.21. The fourth-order valence-corrected chi connectivity index (χ4v) is 3.70. The van der Waals surface area contributed by atoms with E-state index in [1.165, 1.54) is 0 Å². The van der Waals surface area contributed by atoms with Crippen molar-refractivity contribution in [3.63, 3.8) is 0 Å². The van der Waals surface area contributed by atoms with Crippen molar-refractivity contribution < 1.29 is 9.53 Å². The summed E-state index contributed by atoms with van der Waals surface area (Å²) in [6.45, 7) is 4.65. The molecular formula is C23H31N3O2. The number of carbonyl (C=O) groups excluding carboxylic acids is 1. The number of hydrogen-bond donors (Lipinski definition) is 2. The van der Waals surface area contributed by atoms with Crippen molar-refractivity contribution in [1.29, 1.82) is 0 Å². The number of methoxy groups -OCH3 is 1. The maximum Gasteiger partial charge on any atom is 0.315 e. The van der Waals surface area contributed by atoms with Gasteiger partial charge < -0.3 is 20.3 Å². The molecule has 1 saturated heterocycles. The standard InChI is InChI=1S/C23H31N3O2/c1-28-17-16-26-14-12-19(13-15-26)18-24-23(27)25-22(20-8-4-2-5-9-20)21-10-6-3-7-11-21/h2-11,19,22H,12-18H2,1H3,(H2,24,25,27). The molecular weight excluding hydrogens is 350 g/mol. The topological polar surface area (TPSA) is 53.6 Å². The molecule has 28 heavy (non-hydrogen) atoms. The van der Waals surface area contributed by atoms with Crippen molar-refractivity contribution in [3.05, 3.63) is 71.8 Å². The lowest BCUT2D eigenvalue weighted by atomic mass is 9.97. The molecule has 0 spiro atoms. The van der Waals surface area contributed by atoms with Gasteiger partial charge in [-0.15, -0.1) is 0 Å². The Morgan fingerprint density at radius 2 is 1.61 bits per heavy atom. The molecule has 1 heterocycles. The highest BCUT2D eigenvalue weighted by molar-refractivity contribution is 5.75. The van der Waals surface area contributed by atoms with Gasteiger partial charge >= 0.3 is 6.03 Å². The van der Waals surface area contributed by atoms with Crippen molar-refractivity contribution >= 4 is 6.03 Å². The van der Waals surface area contributed by atoms with Crippen LogP contribution >= 0.6 is 0 Å². The Hall–Kier alpha value is -2.37. The highest BCUT2D eigenvalue weighted by atomic mass is 16.5. The molecule has 2 aromatic carbocycles. The van der Waals surface area contributed by atoms with E-state index in [-0.39, 0.29) is 12.1 Å². The van der Waals surface area contributed by atoms with Gasteiger partial charge in [0.05, 0.1) is 12.6 Å². The molecule has 5 nitrogen and oxygen atoms in total. The quantitative estimate of drug-likeness (QED) is 0.737. The molecule has 1 aliphatic heterocycles. The molecule has 2 N–H and O–H groups in total. The first-order chi connectivity index (χ1) is 13.8. The zero-order valence-electron chi connectivity index (χ0n) is 16.6. The molecule has 1 aliphatic rings. The molecule has 0 atom stereocenters. The normalized spacial score (nSPS) is 15.5. The monoisotopic (exact) mass is 381 g/mol. The minimum Gasteiger partial charge on any atom is -0.383 e. The number of nitrogens with zero attached hydrogens (tertiary/aromatic N) is 1. The summed E-state index contributed by atoms with van der Waals surface area (Å²) in [6.07, 6.45) is 2.23. The third-order valence-corrected chi connectivity index (χ3v) is 5.41. The van der Waals surface area contributed by atoms with E-state index in [4.69, 9.17) is 4.74 Å². The molecule has 150 valence electrons. The Kier molecular flexibility index (Phi) is 7.88.